The van der Waals surface area contributed by atoms with E-state index in [0.717, 1.165) is 22.2 Å². The minimum Gasteiger partial charge on any atom is -0.383 e. The Morgan fingerprint density at radius 2 is 2.00 bits per heavy atom. The van der Waals surface area contributed by atoms with Crippen molar-refractivity contribution in [2.24, 2.45) is 10.7 Å². The zero-order valence-electron chi connectivity index (χ0n) is 7.31. The highest BCUT2D eigenvalue weighted by atomic mass is 32.2. The van der Waals surface area contributed by atoms with Crippen LogP contribution in [0.4, 0.5) is 4.79 Å². The Hall–Kier alpha value is -1.55. The summed E-state index contributed by atoms with van der Waals surface area (Å²) in [6, 6.07) is 9.70. The van der Waals surface area contributed by atoms with Crippen molar-refractivity contribution in [3.05, 3.63) is 40.8 Å². The van der Waals surface area contributed by atoms with Gasteiger partial charge in [-0.1, -0.05) is 30.3 Å². The van der Waals surface area contributed by atoms with Crippen LogP contribution in [0.25, 0.3) is 6.08 Å². The smallest absolute Gasteiger partial charge is 0.311 e. The van der Waals surface area contributed by atoms with E-state index in [4.69, 9.17) is 5.73 Å². The van der Waals surface area contributed by atoms with Crippen LogP contribution in [-0.2, 0) is 0 Å². The van der Waals surface area contributed by atoms with E-state index in [-0.39, 0.29) is 5.24 Å². The first kappa shape index (κ1) is 9.02. The molecule has 3 nitrogen and oxygen atoms in total. The van der Waals surface area contributed by atoms with E-state index in [2.05, 4.69) is 4.99 Å². The Morgan fingerprint density at radius 3 is 2.57 bits per heavy atom. The Labute approximate surface area is 85.7 Å². The average Bonchev–Trinajstić information content (AvgIpc) is 2.47. The minimum absolute atomic E-state index is 0.246. The zero-order valence-corrected chi connectivity index (χ0v) is 8.12. The molecule has 0 radical (unpaired) electrons. The first-order chi connectivity index (χ1) is 6.75. The number of nitrogens with two attached hydrogens (primary N) is 1. The third kappa shape index (κ3) is 1.85. The molecule has 0 saturated carbocycles. The number of amides is 1. The molecule has 0 fully saturated rings. The second-order valence-corrected chi connectivity index (χ2v) is 3.78. The van der Waals surface area contributed by atoms with Crippen LogP contribution in [0.2, 0.25) is 0 Å². The molecule has 0 bridgehead atoms. The van der Waals surface area contributed by atoms with Gasteiger partial charge in [-0.3, -0.25) is 4.79 Å². The maximum absolute atomic E-state index is 10.9. The summed E-state index contributed by atoms with van der Waals surface area (Å²) in [5, 5.41) is -0.246. The molecule has 1 aliphatic rings. The van der Waals surface area contributed by atoms with E-state index in [1.165, 1.54) is 0 Å². The topological polar surface area (TPSA) is 55.4 Å². The van der Waals surface area contributed by atoms with Crippen LogP contribution in [0, 0.1) is 0 Å². The maximum atomic E-state index is 10.9. The van der Waals surface area contributed by atoms with Gasteiger partial charge in [0, 0.05) is 0 Å². The van der Waals surface area contributed by atoms with Gasteiger partial charge in [0.05, 0.1) is 4.91 Å². The van der Waals surface area contributed by atoms with Crippen LogP contribution in [0.1, 0.15) is 5.56 Å². The highest BCUT2D eigenvalue weighted by molar-refractivity contribution is 8.18. The Bertz CT molecular complexity index is 423. The molecular weight excluding hydrogens is 196 g/mol. The van der Waals surface area contributed by atoms with E-state index in [9.17, 15) is 4.79 Å². The highest BCUT2D eigenvalue weighted by Gasteiger charge is 2.18. The van der Waals surface area contributed by atoms with Crippen molar-refractivity contribution in [1.29, 1.82) is 0 Å². The van der Waals surface area contributed by atoms with Crippen molar-refractivity contribution in [3.63, 3.8) is 0 Å². The number of amidine groups is 1. The monoisotopic (exact) mass is 204 g/mol. The van der Waals surface area contributed by atoms with Crippen LogP contribution >= 0.6 is 11.8 Å². The number of thioether (sulfide) groups is 1. The lowest BCUT2D eigenvalue weighted by Gasteiger charge is -1.95. The molecule has 70 valence electrons. The second kappa shape index (κ2) is 3.67. The molecule has 1 aromatic rings. The fourth-order valence-electron chi connectivity index (χ4n) is 1.13. The molecule has 4 heteroatoms. The summed E-state index contributed by atoms with van der Waals surface area (Å²) in [7, 11) is 0. The van der Waals surface area contributed by atoms with Gasteiger partial charge in [-0.05, 0) is 23.4 Å². The molecule has 1 amide bonds. The van der Waals surface area contributed by atoms with Gasteiger partial charge in [0.15, 0.2) is 0 Å². The van der Waals surface area contributed by atoms with Crippen molar-refractivity contribution < 1.29 is 4.79 Å². The number of rotatable bonds is 1. The summed E-state index contributed by atoms with van der Waals surface area (Å²) in [6.45, 7) is 0. The molecule has 2 rings (SSSR count). The molecule has 0 spiro atoms. The number of carbonyl (C=O) groups excluding carboxylic acids is 1. The molecule has 0 saturated heterocycles. The van der Waals surface area contributed by atoms with E-state index in [0.29, 0.717) is 5.84 Å². The summed E-state index contributed by atoms with van der Waals surface area (Å²) < 4.78 is 0. The van der Waals surface area contributed by atoms with Gasteiger partial charge < -0.3 is 5.73 Å². The number of benzene rings is 1. The zero-order chi connectivity index (χ0) is 9.97. The van der Waals surface area contributed by atoms with E-state index in [1.54, 1.807) is 0 Å². The molecule has 1 heterocycles. The standard InChI is InChI=1S/C10H8N2OS/c11-9-8(14-10(13)12-9)6-7-4-2-1-3-5-7/h1-6H,(H2,11,12,13)/b8-6-. The molecule has 14 heavy (non-hydrogen) atoms. The van der Waals surface area contributed by atoms with Crippen molar-refractivity contribution in [1.82, 2.24) is 0 Å². The lowest BCUT2D eigenvalue weighted by atomic mass is 10.2. The van der Waals surface area contributed by atoms with Gasteiger partial charge in [-0.2, -0.15) is 4.99 Å². The summed E-state index contributed by atoms with van der Waals surface area (Å²) in [6.07, 6.45) is 1.86. The van der Waals surface area contributed by atoms with Gasteiger partial charge in [0.2, 0.25) is 0 Å². The van der Waals surface area contributed by atoms with Crippen LogP contribution in [-0.4, -0.2) is 11.1 Å². The third-order valence-corrected chi connectivity index (χ3v) is 2.57. The Morgan fingerprint density at radius 1 is 1.29 bits per heavy atom. The van der Waals surface area contributed by atoms with Gasteiger partial charge >= 0.3 is 5.24 Å². The molecule has 1 aromatic carbocycles. The molecule has 0 atom stereocenters. The molecule has 1 aliphatic heterocycles. The normalized spacial score (nSPS) is 18.7. The maximum Gasteiger partial charge on any atom is 0.311 e. The van der Waals surface area contributed by atoms with E-state index >= 15 is 0 Å². The van der Waals surface area contributed by atoms with Crippen LogP contribution in [0.3, 0.4) is 0 Å². The summed E-state index contributed by atoms with van der Waals surface area (Å²) >= 11 is 1.06. The van der Waals surface area contributed by atoms with E-state index < -0.39 is 0 Å². The largest absolute Gasteiger partial charge is 0.383 e. The Kier molecular flexibility index (Phi) is 2.37. The summed E-state index contributed by atoms with van der Waals surface area (Å²) in [5.74, 6) is 0.309. The predicted molar refractivity (Wildman–Crippen MR) is 59.0 cm³/mol. The number of aliphatic imine (C=N–C) groups is 1. The fraction of sp³-hybridized carbons (Fsp3) is 0. The average molecular weight is 204 g/mol. The van der Waals surface area contributed by atoms with Gasteiger partial charge in [-0.25, -0.2) is 0 Å². The SMILES string of the molecule is NC1=NC(=O)S/C1=C\c1ccccc1. The Balaban J connectivity index is 2.29. The van der Waals surface area contributed by atoms with Gasteiger partial charge in [0.1, 0.15) is 5.84 Å². The number of hydrogen-bond acceptors (Lipinski definition) is 3. The number of nitrogens with zero attached hydrogens (tertiary/aromatic N) is 1. The number of hydrogen-bond donors (Lipinski definition) is 1. The van der Waals surface area contributed by atoms with Crippen molar-refractivity contribution in [2.75, 3.05) is 0 Å². The third-order valence-electron chi connectivity index (χ3n) is 1.76. The van der Waals surface area contributed by atoms with Crippen molar-refractivity contribution in [2.45, 2.75) is 0 Å². The number of carbonyl (C=O) groups is 1. The molecule has 2 N–H and O–H groups in total. The summed E-state index contributed by atoms with van der Waals surface area (Å²) in [5.41, 5.74) is 6.57. The molecular formula is C10H8N2OS. The second-order valence-electron chi connectivity index (χ2n) is 2.78. The van der Waals surface area contributed by atoms with Gasteiger partial charge in [0.25, 0.3) is 0 Å². The fourth-order valence-corrected chi connectivity index (χ4v) is 1.80. The van der Waals surface area contributed by atoms with Gasteiger partial charge in [-0.15, -0.1) is 0 Å². The predicted octanol–water partition coefficient (Wildman–Crippen LogP) is 2.25. The minimum atomic E-state index is -0.246. The molecule has 0 unspecified atom stereocenters. The quantitative estimate of drug-likeness (QED) is 0.763. The molecule has 0 aliphatic carbocycles. The van der Waals surface area contributed by atoms with Crippen LogP contribution < -0.4 is 5.73 Å². The lowest BCUT2D eigenvalue weighted by Crippen LogP contribution is -2.08. The van der Waals surface area contributed by atoms with Crippen molar-refractivity contribution in [3.8, 4) is 0 Å². The van der Waals surface area contributed by atoms with Crippen LogP contribution in [0.15, 0.2) is 40.2 Å². The first-order valence-corrected chi connectivity index (χ1v) is 4.90. The van der Waals surface area contributed by atoms with Crippen LogP contribution in [0.5, 0.6) is 0 Å². The highest BCUT2D eigenvalue weighted by Crippen LogP contribution is 2.26. The lowest BCUT2D eigenvalue weighted by molar-refractivity contribution is 0.268. The van der Waals surface area contributed by atoms with E-state index in [1.807, 2.05) is 36.4 Å². The summed E-state index contributed by atoms with van der Waals surface area (Å²) in [4.78, 5) is 15.2. The first-order valence-electron chi connectivity index (χ1n) is 4.09. The van der Waals surface area contributed by atoms with Crippen molar-refractivity contribution >= 4 is 28.9 Å². The molecule has 0 aromatic heterocycles.